The Kier molecular flexibility index (Phi) is 7.75. The Bertz CT molecular complexity index is 696. The van der Waals surface area contributed by atoms with Gasteiger partial charge in [-0.25, -0.2) is 0 Å². The second kappa shape index (κ2) is 10.0. The van der Waals surface area contributed by atoms with Crippen molar-refractivity contribution in [3.63, 3.8) is 0 Å². The van der Waals surface area contributed by atoms with E-state index in [9.17, 15) is 0 Å². The molecule has 0 heterocycles. The first-order chi connectivity index (χ1) is 12.6. The molecule has 0 saturated carbocycles. The maximum absolute atomic E-state index is 8.84. The summed E-state index contributed by atoms with van der Waals surface area (Å²) in [5.41, 5.74) is 4.31. The summed E-state index contributed by atoms with van der Waals surface area (Å²) < 4.78 is 0. The van der Waals surface area contributed by atoms with Gasteiger partial charge in [-0.05, 0) is 61.4 Å². The van der Waals surface area contributed by atoms with E-state index in [1.165, 1.54) is 18.4 Å². The maximum atomic E-state index is 8.84. The van der Waals surface area contributed by atoms with Crippen LogP contribution in [0.4, 0.5) is 5.69 Å². The van der Waals surface area contributed by atoms with Crippen LogP contribution in [-0.2, 0) is 11.8 Å². The molecule has 0 aromatic heterocycles. The molecular formula is C24H31NO. The number of unbranched alkanes of at least 4 members (excludes halogenated alkanes) is 2. The van der Waals surface area contributed by atoms with E-state index in [0.717, 1.165) is 42.6 Å². The van der Waals surface area contributed by atoms with Gasteiger partial charge in [0.2, 0.25) is 0 Å². The maximum Gasteiger partial charge on any atom is 0.0781 e. The number of hydrogen-bond donors (Lipinski definition) is 2. The number of terminal acetylenes is 1. The molecule has 0 aliphatic carbocycles. The molecule has 0 spiro atoms. The van der Waals surface area contributed by atoms with Crippen molar-refractivity contribution in [2.45, 2.75) is 51.4 Å². The minimum Gasteiger partial charge on any atom is -0.396 e. The van der Waals surface area contributed by atoms with Crippen molar-refractivity contribution >= 4 is 5.69 Å². The largest absolute Gasteiger partial charge is 0.396 e. The molecule has 0 saturated heterocycles. The van der Waals surface area contributed by atoms with Crippen LogP contribution in [0.5, 0.6) is 0 Å². The molecule has 2 N–H and O–H groups in total. The van der Waals surface area contributed by atoms with Crippen molar-refractivity contribution in [2.24, 2.45) is 0 Å². The number of hydrogen-bond acceptors (Lipinski definition) is 2. The van der Waals surface area contributed by atoms with E-state index >= 15 is 0 Å². The van der Waals surface area contributed by atoms with Crippen molar-refractivity contribution in [2.75, 3.05) is 18.5 Å². The van der Waals surface area contributed by atoms with Gasteiger partial charge in [0.05, 0.1) is 5.41 Å². The summed E-state index contributed by atoms with van der Waals surface area (Å²) in [4.78, 5) is 0. The van der Waals surface area contributed by atoms with E-state index in [-0.39, 0.29) is 6.61 Å². The molecule has 0 fully saturated rings. The minimum atomic E-state index is -0.432. The van der Waals surface area contributed by atoms with E-state index in [1.807, 2.05) is 0 Å². The van der Waals surface area contributed by atoms with E-state index in [2.05, 4.69) is 73.6 Å². The summed E-state index contributed by atoms with van der Waals surface area (Å²) in [7, 11) is 0. The monoisotopic (exact) mass is 349 g/mol. The Hall–Kier alpha value is -2.24. The molecule has 2 rings (SSSR count). The highest BCUT2D eigenvalue weighted by Gasteiger charge is 2.26. The summed E-state index contributed by atoms with van der Waals surface area (Å²) in [6.45, 7) is 5.44. The van der Waals surface area contributed by atoms with E-state index in [0.29, 0.717) is 0 Å². The van der Waals surface area contributed by atoms with Crippen LogP contribution in [0.15, 0.2) is 48.5 Å². The quantitative estimate of drug-likeness (QED) is 0.459. The highest BCUT2D eigenvalue weighted by Crippen LogP contribution is 2.32. The van der Waals surface area contributed by atoms with Gasteiger partial charge in [-0.15, -0.1) is 6.42 Å². The molecule has 138 valence electrons. The van der Waals surface area contributed by atoms with Crippen LogP contribution in [0.25, 0.3) is 0 Å². The van der Waals surface area contributed by atoms with Crippen LogP contribution in [0, 0.1) is 12.3 Å². The lowest BCUT2D eigenvalue weighted by Gasteiger charge is -2.25. The molecule has 0 bridgehead atoms. The van der Waals surface area contributed by atoms with Crippen LogP contribution in [0.2, 0.25) is 0 Å². The Morgan fingerprint density at radius 1 is 0.962 bits per heavy atom. The third-order valence-electron chi connectivity index (χ3n) is 5.02. The average Bonchev–Trinajstić information content (AvgIpc) is 2.70. The first kappa shape index (κ1) is 20.1. The Morgan fingerprint density at radius 2 is 1.58 bits per heavy atom. The Labute approximate surface area is 158 Å². The van der Waals surface area contributed by atoms with E-state index in [1.54, 1.807) is 0 Å². The normalized spacial score (nSPS) is 13.0. The SMILES string of the molecule is C#CC(C)(c1ccc(CCCC)cc1)c1ccc(NCCCCO)cc1. The van der Waals surface area contributed by atoms with Crippen molar-refractivity contribution in [3.8, 4) is 12.3 Å². The molecule has 0 aliphatic rings. The number of nitrogens with one attached hydrogen (secondary N) is 1. The second-order valence-corrected chi connectivity index (χ2v) is 7.00. The zero-order valence-electron chi connectivity index (χ0n) is 16.1. The molecule has 1 atom stereocenters. The number of anilines is 1. The molecule has 2 nitrogen and oxygen atoms in total. The summed E-state index contributed by atoms with van der Waals surface area (Å²) >= 11 is 0. The third kappa shape index (κ3) is 5.13. The van der Waals surface area contributed by atoms with Gasteiger partial charge in [0.25, 0.3) is 0 Å². The van der Waals surface area contributed by atoms with Crippen molar-refractivity contribution in [1.82, 2.24) is 0 Å². The molecule has 0 aliphatic heterocycles. The van der Waals surface area contributed by atoms with Gasteiger partial charge in [0.1, 0.15) is 0 Å². The number of rotatable bonds is 10. The van der Waals surface area contributed by atoms with Gasteiger partial charge in [-0.1, -0.05) is 55.7 Å². The van der Waals surface area contributed by atoms with Gasteiger partial charge in [-0.3, -0.25) is 0 Å². The summed E-state index contributed by atoms with van der Waals surface area (Å²) in [5, 5.41) is 12.2. The molecule has 2 aromatic carbocycles. The molecule has 2 heteroatoms. The van der Waals surface area contributed by atoms with Gasteiger partial charge in [-0.2, -0.15) is 0 Å². The van der Waals surface area contributed by atoms with Crippen LogP contribution in [-0.4, -0.2) is 18.3 Å². The number of aliphatic hydroxyl groups excluding tert-OH is 1. The fraction of sp³-hybridized carbons (Fsp3) is 0.417. The second-order valence-electron chi connectivity index (χ2n) is 7.00. The molecular weight excluding hydrogens is 318 g/mol. The van der Waals surface area contributed by atoms with Crippen LogP contribution >= 0.6 is 0 Å². The average molecular weight is 350 g/mol. The van der Waals surface area contributed by atoms with Gasteiger partial charge < -0.3 is 10.4 Å². The van der Waals surface area contributed by atoms with Gasteiger partial charge >= 0.3 is 0 Å². The lowest BCUT2D eigenvalue weighted by Crippen LogP contribution is -2.21. The minimum absolute atomic E-state index is 0.248. The number of aliphatic hydroxyl groups is 1. The molecule has 1 unspecified atom stereocenters. The van der Waals surface area contributed by atoms with Crippen molar-refractivity contribution in [3.05, 3.63) is 65.2 Å². The molecule has 26 heavy (non-hydrogen) atoms. The number of benzene rings is 2. The molecule has 0 radical (unpaired) electrons. The third-order valence-corrected chi connectivity index (χ3v) is 5.02. The molecule has 2 aromatic rings. The first-order valence-corrected chi connectivity index (χ1v) is 9.66. The zero-order valence-corrected chi connectivity index (χ0v) is 16.1. The predicted octanol–water partition coefficient (Wildman–Crippen LogP) is 5.15. The molecule has 0 amide bonds. The lowest BCUT2D eigenvalue weighted by molar-refractivity contribution is 0.286. The van der Waals surface area contributed by atoms with Crippen LogP contribution in [0.1, 0.15) is 56.2 Å². The Balaban J connectivity index is 2.11. The topological polar surface area (TPSA) is 32.3 Å². The predicted molar refractivity (Wildman–Crippen MR) is 112 cm³/mol. The summed E-state index contributed by atoms with van der Waals surface area (Å²) in [5.74, 6) is 3.00. The number of aryl methyl sites for hydroxylation is 1. The van der Waals surface area contributed by atoms with Crippen LogP contribution < -0.4 is 5.32 Å². The Morgan fingerprint density at radius 3 is 2.12 bits per heavy atom. The van der Waals surface area contributed by atoms with Crippen LogP contribution in [0.3, 0.4) is 0 Å². The highest BCUT2D eigenvalue weighted by atomic mass is 16.2. The highest BCUT2D eigenvalue weighted by molar-refractivity contribution is 5.52. The van der Waals surface area contributed by atoms with Gasteiger partial charge in [0.15, 0.2) is 0 Å². The standard InChI is InChI=1S/C24H31NO/c1-4-6-9-20-10-12-21(13-11-20)24(3,5-2)22-14-16-23(17-15-22)25-18-7-8-19-26/h2,10-17,25-26H,4,6-9,18-19H2,1,3H3. The van der Waals surface area contributed by atoms with Crippen molar-refractivity contribution in [1.29, 1.82) is 0 Å². The van der Waals surface area contributed by atoms with Gasteiger partial charge in [0, 0.05) is 18.8 Å². The summed E-state index contributed by atoms with van der Waals surface area (Å²) in [6, 6.07) is 17.1. The lowest BCUT2D eigenvalue weighted by atomic mass is 9.76. The fourth-order valence-electron chi connectivity index (χ4n) is 3.11. The summed E-state index contributed by atoms with van der Waals surface area (Å²) in [6.07, 6.45) is 11.3. The van der Waals surface area contributed by atoms with E-state index in [4.69, 9.17) is 11.5 Å². The van der Waals surface area contributed by atoms with Crippen molar-refractivity contribution < 1.29 is 5.11 Å². The smallest absolute Gasteiger partial charge is 0.0781 e. The fourth-order valence-corrected chi connectivity index (χ4v) is 3.11. The zero-order chi connectivity index (χ0) is 18.8. The van der Waals surface area contributed by atoms with E-state index < -0.39 is 5.41 Å². The first-order valence-electron chi connectivity index (χ1n) is 9.66.